The van der Waals surface area contributed by atoms with Crippen molar-refractivity contribution < 1.29 is 4.52 Å². The molecule has 2 aromatic rings. The van der Waals surface area contributed by atoms with Gasteiger partial charge in [-0.3, -0.25) is 0 Å². The van der Waals surface area contributed by atoms with Gasteiger partial charge in [0.1, 0.15) is 5.82 Å². The molecular formula is C16H23N5O. The maximum Gasteiger partial charge on any atom is 0.259 e. The highest BCUT2D eigenvalue weighted by atomic mass is 16.5. The van der Waals surface area contributed by atoms with Gasteiger partial charge in [0.2, 0.25) is 0 Å². The van der Waals surface area contributed by atoms with Crippen molar-refractivity contribution in [1.29, 1.82) is 0 Å². The van der Waals surface area contributed by atoms with E-state index in [9.17, 15) is 0 Å². The van der Waals surface area contributed by atoms with E-state index in [0.29, 0.717) is 11.8 Å². The molecule has 6 nitrogen and oxygen atoms in total. The van der Waals surface area contributed by atoms with Crippen LogP contribution in [0.3, 0.4) is 0 Å². The standard InChI is InChI=1S/C16H23N5O/c1-12(2)10-14-18-16(22-19-14)13-4-5-15(17-11-13)21-8-6-20(3)7-9-21/h4-5,11-12H,6-10H2,1-3H3. The van der Waals surface area contributed by atoms with Crippen molar-refractivity contribution in [3.63, 3.8) is 0 Å². The van der Waals surface area contributed by atoms with E-state index in [1.54, 1.807) is 0 Å². The van der Waals surface area contributed by atoms with E-state index in [0.717, 1.165) is 49.8 Å². The Morgan fingerprint density at radius 1 is 1.18 bits per heavy atom. The number of nitrogens with zero attached hydrogens (tertiary/aromatic N) is 5. The molecule has 0 aliphatic carbocycles. The summed E-state index contributed by atoms with van der Waals surface area (Å²) in [7, 11) is 2.15. The van der Waals surface area contributed by atoms with E-state index < -0.39 is 0 Å². The van der Waals surface area contributed by atoms with Gasteiger partial charge in [0.25, 0.3) is 5.89 Å². The number of piperazine rings is 1. The Kier molecular flexibility index (Phi) is 4.38. The van der Waals surface area contributed by atoms with Crippen molar-refractivity contribution in [3.05, 3.63) is 24.2 Å². The largest absolute Gasteiger partial charge is 0.354 e. The Balaban J connectivity index is 1.70. The lowest BCUT2D eigenvalue weighted by molar-refractivity contribution is 0.312. The lowest BCUT2D eigenvalue weighted by Gasteiger charge is -2.33. The molecule has 6 heteroatoms. The summed E-state index contributed by atoms with van der Waals surface area (Å²) in [5.41, 5.74) is 0.875. The second-order valence-corrected chi connectivity index (χ2v) is 6.31. The predicted molar refractivity (Wildman–Crippen MR) is 85.8 cm³/mol. The highest BCUT2D eigenvalue weighted by Gasteiger charge is 2.16. The molecule has 0 spiro atoms. The molecular weight excluding hydrogens is 278 g/mol. The molecule has 0 saturated carbocycles. The van der Waals surface area contributed by atoms with Crippen LogP contribution in [0, 0.1) is 5.92 Å². The fraction of sp³-hybridized carbons (Fsp3) is 0.562. The van der Waals surface area contributed by atoms with Gasteiger partial charge in [0, 0.05) is 38.8 Å². The molecule has 3 heterocycles. The number of pyridine rings is 1. The molecule has 0 radical (unpaired) electrons. The number of hydrogen-bond acceptors (Lipinski definition) is 6. The monoisotopic (exact) mass is 301 g/mol. The lowest BCUT2D eigenvalue weighted by Crippen LogP contribution is -2.44. The van der Waals surface area contributed by atoms with Crippen LogP contribution >= 0.6 is 0 Å². The Hall–Kier alpha value is -1.95. The lowest BCUT2D eigenvalue weighted by atomic mass is 10.1. The van der Waals surface area contributed by atoms with Gasteiger partial charge in [0.15, 0.2) is 5.82 Å². The first-order valence-electron chi connectivity index (χ1n) is 7.84. The van der Waals surface area contributed by atoms with Crippen LogP contribution in [0.25, 0.3) is 11.5 Å². The maximum absolute atomic E-state index is 5.33. The second-order valence-electron chi connectivity index (χ2n) is 6.31. The van der Waals surface area contributed by atoms with Crippen LogP contribution < -0.4 is 4.90 Å². The highest BCUT2D eigenvalue weighted by molar-refractivity contribution is 5.54. The Labute approximate surface area is 131 Å². The first-order valence-corrected chi connectivity index (χ1v) is 7.84. The maximum atomic E-state index is 5.33. The van der Waals surface area contributed by atoms with Gasteiger partial charge < -0.3 is 14.3 Å². The molecule has 0 aromatic carbocycles. The number of rotatable bonds is 4. The first-order chi connectivity index (χ1) is 10.6. The minimum atomic E-state index is 0.517. The van der Waals surface area contributed by atoms with Crippen molar-refractivity contribution in [2.75, 3.05) is 38.1 Å². The molecule has 22 heavy (non-hydrogen) atoms. The van der Waals surface area contributed by atoms with Gasteiger partial charge in [0.05, 0.1) is 5.56 Å². The third kappa shape index (κ3) is 3.44. The van der Waals surface area contributed by atoms with Crippen LogP contribution in [0.4, 0.5) is 5.82 Å². The van der Waals surface area contributed by atoms with Crippen molar-refractivity contribution >= 4 is 5.82 Å². The highest BCUT2D eigenvalue weighted by Crippen LogP contribution is 2.20. The molecule has 0 unspecified atom stereocenters. The summed E-state index contributed by atoms with van der Waals surface area (Å²) in [6.07, 6.45) is 2.65. The summed E-state index contributed by atoms with van der Waals surface area (Å²) < 4.78 is 5.33. The topological polar surface area (TPSA) is 58.3 Å². The van der Waals surface area contributed by atoms with E-state index in [1.807, 2.05) is 18.3 Å². The third-order valence-electron chi connectivity index (χ3n) is 3.88. The predicted octanol–water partition coefficient (Wildman–Crippen LogP) is 2.08. The number of anilines is 1. The SMILES string of the molecule is CC(C)Cc1noc(-c2ccc(N3CCN(C)CC3)nc2)n1. The van der Waals surface area contributed by atoms with E-state index in [4.69, 9.17) is 4.52 Å². The molecule has 1 saturated heterocycles. The normalized spacial score (nSPS) is 16.5. The average Bonchev–Trinajstić information content (AvgIpc) is 2.96. The molecule has 1 fully saturated rings. The van der Waals surface area contributed by atoms with Gasteiger partial charge >= 0.3 is 0 Å². The summed E-state index contributed by atoms with van der Waals surface area (Å²) in [6, 6.07) is 4.04. The zero-order valence-electron chi connectivity index (χ0n) is 13.5. The molecule has 0 atom stereocenters. The molecule has 0 bridgehead atoms. The Bertz CT molecular complexity index is 599. The zero-order valence-corrected chi connectivity index (χ0v) is 13.5. The second kappa shape index (κ2) is 6.44. The van der Waals surface area contributed by atoms with E-state index in [-0.39, 0.29) is 0 Å². The summed E-state index contributed by atoms with van der Waals surface area (Å²) in [6.45, 7) is 8.46. The summed E-state index contributed by atoms with van der Waals surface area (Å²) >= 11 is 0. The Morgan fingerprint density at radius 2 is 1.95 bits per heavy atom. The number of aromatic nitrogens is 3. The van der Waals surface area contributed by atoms with Crippen LogP contribution in [0.1, 0.15) is 19.7 Å². The quantitative estimate of drug-likeness (QED) is 0.862. The van der Waals surface area contributed by atoms with E-state index in [1.165, 1.54) is 0 Å². The van der Waals surface area contributed by atoms with Crippen LogP contribution in [0.15, 0.2) is 22.9 Å². The molecule has 1 aliphatic rings. The number of likely N-dealkylation sites (N-methyl/N-ethyl adjacent to an activating group) is 1. The summed E-state index contributed by atoms with van der Waals surface area (Å²) in [5, 5.41) is 4.02. The minimum Gasteiger partial charge on any atom is -0.354 e. The molecule has 1 aliphatic heterocycles. The van der Waals surface area contributed by atoms with Crippen molar-refractivity contribution in [3.8, 4) is 11.5 Å². The summed E-state index contributed by atoms with van der Waals surface area (Å²) in [5.74, 6) is 2.84. The van der Waals surface area contributed by atoms with E-state index in [2.05, 4.69) is 45.8 Å². The van der Waals surface area contributed by atoms with E-state index >= 15 is 0 Å². The van der Waals surface area contributed by atoms with Gasteiger partial charge in [-0.25, -0.2) is 4.98 Å². The fourth-order valence-electron chi connectivity index (χ4n) is 2.55. The molecule has 3 rings (SSSR count). The number of hydrogen-bond donors (Lipinski definition) is 0. The summed E-state index contributed by atoms with van der Waals surface area (Å²) in [4.78, 5) is 13.6. The average molecular weight is 301 g/mol. The van der Waals surface area contributed by atoms with Crippen LogP contribution in [0.5, 0.6) is 0 Å². The zero-order chi connectivity index (χ0) is 15.5. The first kappa shape index (κ1) is 15.0. The van der Waals surface area contributed by atoms with Crippen LogP contribution in [-0.2, 0) is 6.42 Å². The van der Waals surface area contributed by atoms with Crippen molar-refractivity contribution in [1.82, 2.24) is 20.0 Å². The van der Waals surface area contributed by atoms with Crippen molar-refractivity contribution in [2.24, 2.45) is 5.92 Å². The van der Waals surface area contributed by atoms with Gasteiger partial charge in [-0.2, -0.15) is 4.98 Å². The molecule has 118 valence electrons. The van der Waals surface area contributed by atoms with Gasteiger partial charge in [-0.05, 0) is 25.1 Å². The fourth-order valence-corrected chi connectivity index (χ4v) is 2.55. The van der Waals surface area contributed by atoms with Crippen LogP contribution in [0.2, 0.25) is 0 Å². The molecule has 0 N–H and O–H groups in total. The molecule has 2 aromatic heterocycles. The van der Waals surface area contributed by atoms with Crippen LogP contribution in [-0.4, -0.2) is 53.3 Å². The van der Waals surface area contributed by atoms with Crippen molar-refractivity contribution in [2.45, 2.75) is 20.3 Å². The Morgan fingerprint density at radius 3 is 2.59 bits per heavy atom. The molecule has 0 amide bonds. The smallest absolute Gasteiger partial charge is 0.259 e. The minimum absolute atomic E-state index is 0.517. The van der Waals surface area contributed by atoms with Gasteiger partial charge in [-0.15, -0.1) is 0 Å². The third-order valence-corrected chi connectivity index (χ3v) is 3.88. The van der Waals surface area contributed by atoms with Gasteiger partial charge in [-0.1, -0.05) is 19.0 Å².